The summed E-state index contributed by atoms with van der Waals surface area (Å²) in [5.74, 6) is 0.313. The van der Waals surface area contributed by atoms with Crippen LogP contribution in [-0.4, -0.2) is 22.9 Å². The van der Waals surface area contributed by atoms with Crippen molar-refractivity contribution in [3.05, 3.63) is 11.6 Å². The Kier molecular flexibility index (Phi) is 5.04. The summed E-state index contributed by atoms with van der Waals surface area (Å²) < 4.78 is 0. The van der Waals surface area contributed by atoms with Gasteiger partial charge in [0.1, 0.15) is 0 Å². The summed E-state index contributed by atoms with van der Waals surface area (Å²) in [6.45, 7) is 16.2. The SMILES string of the molecule is CC1(C(=O)O)CC[C@]2(C)CC[C@]3(C)C(=CC(=O)[C@@H]4[C@@]5(C)CCC(N)C(C)(C)C5CC[C@]43C)[C@H]2C1. The van der Waals surface area contributed by atoms with Gasteiger partial charge in [-0.25, -0.2) is 0 Å². The Morgan fingerprint density at radius 2 is 1.59 bits per heavy atom. The van der Waals surface area contributed by atoms with E-state index in [1.165, 1.54) is 5.57 Å². The number of carboxylic acid groups (broad SMARTS) is 1. The van der Waals surface area contributed by atoms with Gasteiger partial charge >= 0.3 is 5.97 Å². The molecule has 0 aliphatic heterocycles. The maximum atomic E-state index is 14.2. The summed E-state index contributed by atoms with van der Waals surface area (Å²) in [5.41, 5.74) is 7.21. The van der Waals surface area contributed by atoms with Crippen molar-refractivity contribution in [2.75, 3.05) is 0 Å². The minimum Gasteiger partial charge on any atom is -0.481 e. The third-order valence-electron chi connectivity index (χ3n) is 13.2. The Hall–Kier alpha value is -1.16. The zero-order valence-electron chi connectivity index (χ0n) is 22.6. The van der Waals surface area contributed by atoms with E-state index in [1.807, 2.05) is 6.92 Å². The molecular weight excluding hydrogens is 422 g/mol. The predicted octanol–water partition coefficient (Wildman–Crippen LogP) is 6.38. The monoisotopic (exact) mass is 469 g/mol. The first-order valence-electron chi connectivity index (χ1n) is 13.8. The minimum atomic E-state index is -0.697. The van der Waals surface area contributed by atoms with Crippen LogP contribution < -0.4 is 5.73 Å². The number of hydrogen-bond donors (Lipinski definition) is 2. The van der Waals surface area contributed by atoms with E-state index in [9.17, 15) is 14.7 Å². The van der Waals surface area contributed by atoms with Gasteiger partial charge in [-0.2, -0.15) is 0 Å². The van der Waals surface area contributed by atoms with Crippen LogP contribution in [0.15, 0.2) is 11.6 Å². The normalized spacial score (nSPS) is 54.1. The van der Waals surface area contributed by atoms with Crippen LogP contribution in [0.4, 0.5) is 0 Å². The summed E-state index contributed by atoms with van der Waals surface area (Å²) in [4.78, 5) is 26.5. The molecule has 3 N–H and O–H groups in total. The average molecular weight is 470 g/mol. The number of aliphatic carboxylic acids is 1. The summed E-state index contributed by atoms with van der Waals surface area (Å²) in [7, 11) is 0. The van der Waals surface area contributed by atoms with Crippen LogP contribution in [0.1, 0.15) is 106 Å². The van der Waals surface area contributed by atoms with E-state index in [4.69, 9.17) is 5.73 Å². The highest BCUT2D eigenvalue weighted by atomic mass is 16.4. The maximum absolute atomic E-state index is 14.2. The molecule has 0 radical (unpaired) electrons. The van der Waals surface area contributed by atoms with Crippen molar-refractivity contribution >= 4 is 11.8 Å². The van der Waals surface area contributed by atoms with Gasteiger partial charge < -0.3 is 10.8 Å². The highest BCUT2D eigenvalue weighted by Gasteiger charge is 2.70. The van der Waals surface area contributed by atoms with Crippen molar-refractivity contribution < 1.29 is 14.7 Å². The quantitative estimate of drug-likeness (QED) is 0.467. The second kappa shape index (κ2) is 6.99. The number of fused-ring (bicyclic) bond motifs is 7. The highest BCUT2D eigenvalue weighted by Crippen LogP contribution is 2.75. The molecule has 9 atom stereocenters. The lowest BCUT2D eigenvalue weighted by Crippen LogP contribution is -2.67. The first-order valence-corrected chi connectivity index (χ1v) is 13.8. The zero-order chi connectivity index (χ0) is 25.1. The Morgan fingerprint density at radius 3 is 2.24 bits per heavy atom. The number of carboxylic acids is 1. The van der Waals surface area contributed by atoms with Gasteiger partial charge in [-0.05, 0) is 110 Å². The van der Waals surface area contributed by atoms with E-state index in [0.29, 0.717) is 18.1 Å². The number of carbonyl (C=O) groups excluding carboxylic acids is 1. The van der Waals surface area contributed by atoms with Gasteiger partial charge in [0.25, 0.3) is 0 Å². The fraction of sp³-hybridized carbons (Fsp3) is 0.867. The number of carbonyl (C=O) groups is 2. The molecule has 5 aliphatic carbocycles. The Bertz CT molecular complexity index is 968. The standard InChI is InChI=1S/C30H47NO3/c1-25(2)21-8-11-30(7)23(28(21,5)10-9-22(25)31)20(32)16-18-19-17-27(4,24(33)34)13-12-26(19,3)14-15-29(18,30)6/h16,19,21-23H,8-15,17,31H2,1-7H3,(H,33,34)/t19-,21?,22?,23-,26-,27?,28+,29-,30-/m1/s1. The van der Waals surface area contributed by atoms with E-state index >= 15 is 0 Å². The molecule has 0 aromatic rings. The van der Waals surface area contributed by atoms with Crippen LogP contribution in [0.3, 0.4) is 0 Å². The summed E-state index contributed by atoms with van der Waals surface area (Å²) in [5, 5.41) is 10.1. The number of hydrogen-bond acceptors (Lipinski definition) is 3. The predicted molar refractivity (Wildman–Crippen MR) is 135 cm³/mol. The molecule has 5 aliphatic rings. The molecule has 0 bridgehead atoms. The molecule has 34 heavy (non-hydrogen) atoms. The van der Waals surface area contributed by atoms with Gasteiger partial charge in [0, 0.05) is 12.0 Å². The van der Waals surface area contributed by atoms with Crippen molar-refractivity contribution in [2.24, 2.45) is 56.0 Å². The van der Waals surface area contributed by atoms with Gasteiger partial charge in [-0.3, -0.25) is 9.59 Å². The molecule has 0 aromatic heterocycles. The van der Waals surface area contributed by atoms with Gasteiger partial charge in [0.15, 0.2) is 5.78 Å². The first-order chi connectivity index (χ1) is 15.6. The maximum Gasteiger partial charge on any atom is 0.309 e. The average Bonchev–Trinajstić information content (AvgIpc) is 2.73. The number of rotatable bonds is 1. The molecule has 4 heteroatoms. The van der Waals surface area contributed by atoms with Crippen molar-refractivity contribution in [1.82, 2.24) is 0 Å². The van der Waals surface area contributed by atoms with Crippen LogP contribution in [0.2, 0.25) is 0 Å². The van der Waals surface area contributed by atoms with E-state index in [-0.39, 0.29) is 45.0 Å². The molecule has 4 saturated carbocycles. The summed E-state index contributed by atoms with van der Waals surface area (Å²) in [6, 6.07) is 0.196. The van der Waals surface area contributed by atoms with E-state index < -0.39 is 11.4 Å². The van der Waals surface area contributed by atoms with Crippen LogP contribution in [0, 0.1) is 50.2 Å². The molecule has 0 aromatic carbocycles. The lowest BCUT2D eigenvalue weighted by atomic mass is 9.33. The third-order valence-corrected chi connectivity index (χ3v) is 13.2. The Balaban J connectivity index is 1.62. The van der Waals surface area contributed by atoms with Crippen molar-refractivity contribution in [1.29, 1.82) is 0 Å². The van der Waals surface area contributed by atoms with Gasteiger partial charge in [0.05, 0.1) is 5.41 Å². The zero-order valence-corrected chi connectivity index (χ0v) is 22.6. The second-order valence-electron chi connectivity index (χ2n) is 15.0. The van der Waals surface area contributed by atoms with E-state index in [2.05, 4.69) is 47.6 Å². The Labute approximate surface area is 206 Å². The van der Waals surface area contributed by atoms with Gasteiger partial charge in [-0.15, -0.1) is 0 Å². The largest absolute Gasteiger partial charge is 0.481 e. The van der Waals surface area contributed by atoms with E-state index in [0.717, 1.165) is 51.4 Å². The van der Waals surface area contributed by atoms with Crippen LogP contribution >= 0.6 is 0 Å². The molecule has 190 valence electrons. The van der Waals surface area contributed by atoms with Crippen LogP contribution in [0.5, 0.6) is 0 Å². The smallest absolute Gasteiger partial charge is 0.309 e. The molecule has 0 saturated heterocycles. The molecule has 5 rings (SSSR count). The summed E-state index contributed by atoms with van der Waals surface area (Å²) in [6.07, 6.45) is 10.9. The third kappa shape index (κ3) is 2.81. The topological polar surface area (TPSA) is 80.4 Å². The summed E-state index contributed by atoms with van der Waals surface area (Å²) >= 11 is 0. The second-order valence-corrected chi connectivity index (χ2v) is 15.0. The lowest BCUT2D eigenvalue weighted by Gasteiger charge is -2.70. The molecule has 4 nitrogen and oxygen atoms in total. The molecule has 0 spiro atoms. The lowest BCUT2D eigenvalue weighted by molar-refractivity contribution is -0.188. The fourth-order valence-electron chi connectivity index (χ4n) is 10.4. The molecule has 0 heterocycles. The van der Waals surface area contributed by atoms with Crippen molar-refractivity contribution in [3.63, 3.8) is 0 Å². The first kappa shape index (κ1) is 24.5. The molecule has 0 amide bonds. The van der Waals surface area contributed by atoms with Crippen LogP contribution in [-0.2, 0) is 9.59 Å². The Morgan fingerprint density at radius 1 is 0.941 bits per heavy atom. The molecule has 4 fully saturated rings. The van der Waals surface area contributed by atoms with Gasteiger partial charge in [-0.1, -0.05) is 47.1 Å². The number of allylic oxidation sites excluding steroid dienone is 2. The number of nitrogens with two attached hydrogens (primary N) is 1. The van der Waals surface area contributed by atoms with Crippen LogP contribution in [0.25, 0.3) is 0 Å². The molecule has 3 unspecified atom stereocenters. The van der Waals surface area contributed by atoms with Gasteiger partial charge in [0.2, 0.25) is 0 Å². The minimum absolute atomic E-state index is 0.0260. The van der Waals surface area contributed by atoms with Crippen molar-refractivity contribution in [3.8, 4) is 0 Å². The van der Waals surface area contributed by atoms with E-state index in [1.54, 1.807) is 0 Å². The van der Waals surface area contributed by atoms with Crippen molar-refractivity contribution in [2.45, 2.75) is 112 Å². The molecular formula is C30H47NO3. The number of ketones is 1. The highest BCUT2D eigenvalue weighted by molar-refractivity contribution is 5.95. The fourth-order valence-corrected chi connectivity index (χ4v) is 10.4.